The number of nitrogens with zero attached hydrogens (tertiary/aromatic N) is 1. The van der Waals surface area contributed by atoms with Gasteiger partial charge < -0.3 is 9.30 Å². The molecule has 1 heterocycles. The Kier molecular flexibility index (Phi) is 2.20. The van der Waals surface area contributed by atoms with Crippen LogP contribution in [-0.2, 0) is 6.54 Å². The average Bonchev–Trinajstić information content (AvgIpc) is 2.52. The van der Waals surface area contributed by atoms with Crippen molar-refractivity contribution in [3.05, 3.63) is 30.0 Å². The fourth-order valence-corrected chi connectivity index (χ4v) is 2.00. The van der Waals surface area contributed by atoms with Gasteiger partial charge in [-0.2, -0.15) is 0 Å². The minimum absolute atomic E-state index is 0.956. The molecule has 0 saturated carbocycles. The number of hydrogen-bond donors (Lipinski definition) is 0. The van der Waals surface area contributed by atoms with Gasteiger partial charge in [-0.25, -0.2) is 0 Å². The van der Waals surface area contributed by atoms with Crippen molar-refractivity contribution in [1.29, 1.82) is 0 Å². The number of methoxy groups -OCH3 is 1. The highest BCUT2D eigenvalue weighted by Crippen LogP contribution is 2.28. The lowest BCUT2D eigenvalue weighted by atomic mass is 10.2. The van der Waals surface area contributed by atoms with E-state index in [0.717, 1.165) is 12.3 Å². The van der Waals surface area contributed by atoms with E-state index in [0.29, 0.717) is 0 Å². The Balaban J connectivity index is 2.82. The monoisotopic (exact) mass is 189 g/mol. The van der Waals surface area contributed by atoms with Crippen LogP contribution in [0.5, 0.6) is 5.75 Å². The number of rotatable bonds is 2. The summed E-state index contributed by atoms with van der Waals surface area (Å²) in [4.78, 5) is 0. The molecule has 0 radical (unpaired) electrons. The molecule has 2 aromatic rings. The molecule has 0 N–H and O–H groups in total. The van der Waals surface area contributed by atoms with Crippen LogP contribution in [0.25, 0.3) is 10.9 Å². The summed E-state index contributed by atoms with van der Waals surface area (Å²) in [5.41, 5.74) is 2.49. The molecule has 0 amide bonds. The van der Waals surface area contributed by atoms with Crippen molar-refractivity contribution in [1.82, 2.24) is 4.57 Å². The van der Waals surface area contributed by atoms with Crippen LogP contribution in [0.15, 0.2) is 24.3 Å². The van der Waals surface area contributed by atoms with Gasteiger partial charge in [0.2, 0.25) is 0 Å². The van der Waals surface area contributed by atoms with E-state index < -0.39 is 0 Å². The molecule has 2 nitrogen and oxygen atoms in total. The molecule has 0 aliphatic carbocycles. The number of aromatic nitrogens is 1. The van der Waals surface area contributed by atoms with Gasteiger partial charge in [-0.3, -0.25) is 0 Å². The van der Waals surface area contributed by atoms with Gasteiger partial charge in [-0.05, 0) is 26.0 Å². The predicted molar refractivity (Wildman–Crippen MR) is 58.9 cm³/mol. The predicted octanol–water partition coefficient (Wildman–Crippen LogP) is 2.98. The Morgan fingerprint density at radius 1 is 1.36 bits per heavy atom. The van der Waals surface area contributed by atoms with Gasteiger partial charge in [-0.15, -0.1) is 0 Å². The Hall–Kier alpha value is -1.44. The molecule has 1 aromatic heterocycles. The molecule has 0 aliphatic rings. The van der Waals surface area contributed by atoms with Crippen LogP contribution < -0.4 is 4.74 Å². The zero-order valence-corrected chi connectivity index (χ0v) is 8.87. The SMILES string of the molecule is CCn1c(C)cc2cccc(OC)c21. The molecule has 0 unspecified atom stereocenters. The van der Waals surface area contributed by atoms with E-state index in [4.69, 9.17) is 4.74 Å². The van der Waals surface area contributed by atoms with Gasteiger partial charge >= 0.3 is 0 Å². The van der Waals surface area contributed by atoms with Crippen molar-refractivity contribution in [3.63, 3.8) is 0 Å². The largest absolute Gasteiger partial charge is 0.495 e. The first kappa shape index (κ1) is 9.13. The lowest BCUT2D eigenvalue weighted by Crippen LogP contribution is -1.97. The topological polar surface area (TPSA) is 14.2 Å². The molecule has 0 atom stereocenters. The third-order valence-corrected chi connectivity index (χ3v) is 2.63. The third kappa shape index (κ3) is 1.18. The summed E-state index contributed by atoms with van der Waals surface area (Å²) in [5.74, 6) is 0.956. The van der Waals surface area contributed by atoms with Gasteiger partial charge in [0.1, 0.15) is 5.75 Å². The third-order valence-electron chi connectivity index (χ3n) is 2.63. The Morgan fingerprint density at radius 2 is 2.14 bits per heavy atom. The van der Waals surface area contributed by atoms with E-state index >= 15 is 0 Å². The molecule has 74 valence electrons. The van der Waals surface area contributed by atoms with Crippen molar-refractivity contribution < 1.29 is 4.74 Å². The molecule has 2 rings (SSSR count). The zero-order valence-electron chi connectivity index (χ0n) is 8.87. The number of benzene rings is 1. The summed E-state index contributed by atoms with van der Waals surface area (Å²) < 4.78 is 7.63. The van der Waals surface area contributed by atoms with E-state index in [-0.39, 0.29) is 0 Å². The first-order valence-corrected chi connectivity index (χ1v) is 4.90. The maximum atomic E-state index is 5.36. The summed E-state index contributed by atoms with van der Waals surface area (Å²) in [7, 11) is 1.72. The van der Waals surface area contributed by atoms with E-state index in [1.807, 2.05) is 12.1 Å². The summed E-state index contributed by atoms with van der Waals surface area (Å²) in [5, 5.41) is 1.25. The smallest absolute Gasteiger partial charge is 0.143 e. The Morgan fingerprint density at radius 3 is 2.79 bits per heavy atom. The molecule has 0 fully saturated rings. The molecular formula is C12H15NO. The molecule has 14 heavy (non-hydrogen) atoms. The van der Waals surface area contributed by atoms with Crippen LogP contribution in [-0.4, -0.2) is 11.7 Å². The van der Waals surface area contributed by atoms with Crippen LogP contribution in [0.3, 0.4) is 0 Å². The number of hydrogen-bond acceptors (Lipinski definition) is 1. The van der Waals surface area contributed by atoms with Gasteiger partial charge in [0.15, 0.2) is 0 Å². The van der Waals surface area contributed by atoms with Crippen molar-refractivity contribution in [3.8, 4) is 5.75 Å². The number of fused-ring (bicyclic) bond motifs is 1. The maximum Gasteiger partial charge on any atom is 0.143 e. The highest BCUT2D eigenvalue weighted by Gasteiger charge is 2.08. The maximum absolute atomic E-state index is 5.36. The Bertz CT molecular complexity index is 457. The fourth-order valence-electron chi connectivity index (χ4n) is 2.00. The summed E-state index contributed by atoms with van der Waals surface area (Å²) in [6.45, 7) is 5.26. The molecule has 1 aromatic carbocycles. The number of ether oxygens (including phenoxy) is 1. The molecule has 2 heteroatoms. The minimum atomic E-state index is 0.956. The molecule has 0 aliphatic heterocycles. The summed E-state index contributed by atoms with van der Waals surface area (Å²) in [6.07, 6.45) is 0. The molecule has 0 spiro atoms. The van der Waals surface area contributed by atoms with Crippen molar-refractivity contribution >= 4 is 10.9 Å². The molecule has 0 saturated heterocycles. The standard InChI is InChI=1S/C12H15NO/c1-4-13-9(2)8-10-6-5-7-11(14-3)12(10)13/h5-8H,4H2,1-3H3. The quantitative estimate of drug-likeness (QED) is 0.708. The lowest BCUT2D eigenvalue weighted by molar-refractivity contribution is 0.417. The second kappa shape index (κ2) is 3.37. The van der Waals surface area contributed by atoms with Gasteiger partial charge in [-0.1, -0.05) is 12.1 Å². The number of aryl methyl sites for hydroxylation is 2. The highest BCUT2D eigenvalue weighted by atomic mass is 16.5. The summed E-state index contributed by atoms with van der Waals surface area (Å²) in [6, 6.07) is 8.35. The minimum Gasteiger partial charge on any atom is -0.495 e. The van der Waals surface area contributed by atoms with Crippen LogP contribution in [0.1, 0.15) is 12.6 Å². The van der Waals surface area contributed by atoms with Gasteiger partial charge in [0.25, 0.3) is 0 Å². The van der Waals surface area contributed by atoms with Crippen molar-refractivity contribution in [2.24, 2.45) is 0 Å². The Labute approximate surface area is 84.1 Å². The van der Waals surface area contributed by atoms with Crippen molar-refractivity contribution in [2.75, 3.05) is 7.11 Å². The van der Waals surface area contributed by atoms with Crippen molar-refractivity contribution in [2.45, 2.75) is 20.4 Å². The van der Waals surface area contributed by atoms with E-state index in [2.05, 4.69) is 30.5 Å². The number of para-hydroxylation sites is 1. The van der Waals surface area contributed by atoms with E-state index in [1.165, 1.54) is 16.6 Å². The summed E-state index contributed by atoms with van der Waals surface area (Å²) >= 11 is 0. The molecule has 0 bridgehead atoms. The fraction of sp³-hybridized carbons (Fsp3) is 0.333. The first-order valence-electron chi connectivity index (χ1n) is 4.90. The van der Waals surface area contributed by atoms with E-state index in [9.17, 15) is 0 Å². The first-order chi connectivity index (χ1) is 6.77. The second-order valence-corrected chi connectivity index (χ2v) is 3.43. The van der Waals surface area contributed by atoms with E-state index in [1.54, 1.807) is 7.11 Å². The zero-order chi connectivity index (χ0) is 10.1. The normalized spacial score (nSPS) is 10.8. The van der Waals surface area contributed by atoms with Crippen LogP contribution >= 0.6 is 0 Å². The van der Waals surface area contributed by atoms with Crippen LogP contribution in [0, 0.1) is 6.92 Å². The second-order valence-electron chi connectivity index (χ2n) is 3.43. The average molecular weight is 189 g/mol. The molecular weight excluding hydrogens is 174 g/mol. The van der Waals surface area contributed by atoms with Gasteiger partial charge in [0, 0.05) is 17.6 Å². The van der Waals surface area contributed by atoms with Gasteiger partial charge in [0.05, 0.1) is 12.6 Å². The lowest BCUT2D eigenvalue weighted by Gasteiger charge is -2.07. The van der Waals surface area contributed by atoms with Crippen LogP contribution in [0.2, 0.25) is 0 Å². The van der Waals surface area contributed by atoms with Crippen LogP contribution in [0.4, 0.5) is 0 Å². The highest BCUT2D eigenvalue weighted by molar-refractivity contribution is 5.87.